The predicted octanol–water partition coefficient (Wildman–Crippen LogP) is 0.985. The van der Waals surface area contributed by atoms with Gasteiger partial charge >= 0.3 is 0 Å². The molecule has 0 aromatic rings. The molecule has 7 heavy (non-hydrogen) atoms. The van der Waals surface area contributed by atoms with E-state index in [1.807, 2.05) is 0 Å². The minimum absolute atomic E-state index is 0.532. The zero-order chi connectivity index (χ0) is 4.85. The van der Waals surface area contributed by atoms with E-state index < -0.39 is 0 Å². The second kappa shape index (κ2) is 0.908. The molecule has 0 saturated heterocycles. The van der Waals surface area contributed by atoms with Gasteiger partial charge in [-0.15, -0.1) is 0 Å². The lowest BCUT2D eigenvalue weighted by Crippen LogP contribution is -1.91. The molecule has 0 aliphatic heterocycles. The van der Waals surface area contributed by atoms with Crippen LogP contribution in [0.15, 0.2) is 0 Å². The van der Waals surface area contributed by atoms with Gasteiger partial charge in [0.2, 0.25) is 0 Å². The van der Waals surface area contributed by atoms with Crippen LogP contribution in [0.4, 0.5) is 0 Å². The highest BCUT2D eigenvalue weighted by Crippen LogP contribution is 2.49. The van der Waals surface area contributed by atoms with Crippen LogP contribution in [0.2, 0.25) is 0 Å². The Balaban J connectivity index is 2.21. The van der Waals surface area contributed by atoms with E-state index in [-0.39, 0.29) is 0 Å². The summed E-state index contributed by atoms with van der Waals surface area (Å²) in [4.78, 5) is 10.6. The van der Waals surface area contributed by atoms with E-state index in [1.54, 1.807) is 0 Å². The van der Waals surface area contributed by atoms with E-state index in [0.29, 0.717) is 11.7 Å². The first kappa shape index (κ1) is 3.65. The number of carbonyl (C=O) groups is 1. The van der Waals surface area contributed by atoms with Crippen LogP contribution in [0.5, 0.6) is 0 Å². The maximum Gasteiger partial charge on any atom is 0.136 e. The SMILES string of the molecule is O=C1CC[C@@H]2CC12. The lowest BCUT2D eigenvalue weighted by molar-refractivity contribution is -0.119. The molecule has 0 aromatic carbocycles. The van der Waals surface area contributed by atoms with Crippen molar-refractivity contribution in [2.75, 3.05) is 0 Å². The maximum absolute atomic E-state index is 10.6. The second-order valence-corrected chi connectivity index (χ2v) is 2.61. The Bertz CT molecular complexity index is 117. The van der Waals surface area contributed by atoms with E-state index in [9.17, 15) is 4.79 Å². The number of fused-ring (bicyclic) bond motifs is 1. The average molecular weight is 96.1 g/mol. The molecule has 1 unspecified atom stereocenters. The Morgan fingerprint density at radius 3 is 2.57 bits per heavy atom. The first-order valence-electron chi connectivity index (χ1n) is 2.90. The fourth-order valence-corrected chi connectivity index (χ4v) is 1.47. The topological polar surface area (TPSA) is 17.1 Å². The second-order valence-electron chi connectivity index (χ2n) is 2.61. The van der Waals surface area contributed by atoms with Gasteiger partial charge in [-0.05, 0) is 18.8 Å². The lowest BCUT2D eigenvalue weighted by atomic mass is 10.2. The molecule has 2 saturated carbocycles. The van der Waals surface area contributed by atoms with Crippen molar-refractivity contribution in [3.05, 3.63) is 0 Å². The van der Waals surface area contributed by atoms with Crippen molar-refractivity contribution < 1.29 is 4.79 Å². The highest BCUT2D eigenvalue weighted by atomic mass is 16.1. The maximum atomic E-state index is 10.6. The highest BCUT2D eigenvalue weighted by molar-refractivity contribution is 5.86. The molecule has 0 aromatic heterocycles. The number of Topliss-reactive ketones (excluding diaryl/α,β-unsaturated/α-hetero) is 1. The molecule has 0 spiro atoms. The smallest absolute Gasteiger partial charge is 0.136 e. The Hall–Kier alpha value is -0.330. The Morgan fingerprint density at radius 1 is 1.57 bits per heavy atom. The predicted molar refractivity (Wildman–Crippen MR) is 25.8 cm³/mol. The molecule has 1 heteroatoms. The molecule has 2 fully saturated rings. The van der Waals surface area contributed by atoms with Crippen LogP contribution in [0, 0.1) is 11.8 Å². The molecule has 2 aliphatic carbocycles. The van der Waals surface area contributed by atoms with Gasteiger partial charge in [0.1, 0.15) is 5.78 Å². The van der Waals surface area contributed by atoms with Gasteiger partial charge in [0.05, 0.1) is 0 Å². The van der Waals surface area contributed by atoms with Crippen LogP contribution in [-0.4, -0.2) is 5.78 Å². The summed E-state index contributed by atoms with van der Waals surface area (Å²) in [5, 5.41) is 0. The van der Waals surface area contributed by atoms with E-state index in [1.165, 1.54) is 12.8 Å². The van der Waals surface area contributed by atoms with Gasteiger partial charge in [-0.2, -0.15) is 0 Å². The number of rotatable bonds is 0. The van der Waals surface area contributed by atoms with Crippen LogP contribution >= 0.6 is 0 Å². The average Bonchev–Trinajstić information content (AvgIpc) is 2.33. The molecule has 0 N–H and O–H groups in total. The summed E-state index contributed by atoms with van der Waals surface area (Å²) >= 11 is 0. The van der Waals surface area contributed by atoms with Crippen LogP contribution in [0.25, 0.3) is 0 Å². The number of hydrogen-bond donors (Lipinski definition) is 0. The van der Waals surface area contributed by atoms with E-state index >= 15 is 0 Å². The summed E-state index contributed by atoms with van der Waals surface area (Å²) in [5.74, 6) is 1.91. The van der Waals surface area contributed by atoms with Crippen molar-refractivity contribution in [2.24, 2.45) is 11.8 Å². The molecular formula is C6H8O. The number of hydrogen-bond acceptors (Lipinski definition) is 1. The molecule has 1 nitrogen and oxygen atoms in total. The Labute approximate surface area is 42.7 Å². The third-order valence-corrected chi connectivity index (χ3v) is 2.10. The highest BCUT2D eigenvalue weighted by Gasteiger charge is 2.47. The van der Waals surface area contributed by atoms with Crippen LogP contribution in [0.3, 0.4) is 0 Å². The van der Waals surface area contributed by atoms with Gasteiger partial charge in [-0.25, -0.2) is 0 Å². The van der Waals surface area contributed by atoms with E-state index in [4.69, 9.17) is 0 Å². The minimum atomic E-state index is 0.532. The van der Waals surface area contributed by atoms with Crippen LogP contribution in [-0.2, 0) is 4.79 Å². The monoisotopic (exact) mass is 96.1 g/mol. The summed E-state index contributed by atoms with van der Waals surface area (Å²) in [6, 6.07) is 0. The van der Waals surface area contributed by atoms with Crippen molar-refractivity contribution in [1.29, 1.82) is 0 Å². The van der Waals surface area contributed by atoms with Crippen LogP contribution < -0.4 is 0 Å². The molecule has 2 aliphatic rings. The molecule has 0 amide bonds. The third-order valence-electron chi connectivity index (χ3n) is 2.10. The van der Waals surface area contributed by atoms with Crippen molar-refractivity contribution in [1.82, 2.24) is 0 Å². The van der Waals surface area contributed by atoms with Gasteiger partial charge in [0.15, 0.2) is 0 Å². The molecule has 2 atom stereocenters. The fourth-order valence-electron chi connectivity index (χ4n) is 1.47. The van der Waals surface area contributed by atoms with Crippen molar-refractivity contribution in [2.45, 2.75) is 19.3 Å². The molecule has 0 bridgehead atoms. The summed E-state index contributed by atoms with van der Waals surface area (Å²) < 4.78 is 0. The van der Waals surface area contributed by atoms with Crippen molar-refractivity contribution >= 4 is 5.78 Å². The van der Waals surface area contributed by atoms with E-state index in [0.717, 1.165) is 12.3 Å². The van der Waals surface area contributed by atoms with Crippen molar-refractivity contribution in [3.63, 3.8) is 0 Å². The van der Waals surface area contributed by atoms with Crippen LogP contribution in [0.1, 0.15) is 19.3 Å². The molecular weight excluding hydrogens is 88.1 g/mol. The van der Waals surface area contributed by atoms with Gasteiger partial charge in [0, 0.05) is 12.3 Å². The quantitative estimate of drug-likeness (QED) is 0.439. The number of ketones is 1. The van der Waals surface area contributed by atoms with Gasteiger partial charge in [-0.1, -0.05) is 0 Å². The van der Waals surface area contributed by atoms with Gasteiger partial charge in [0.25, 0.3) is 0 Å². The summed E-state index contributed by atoms with van der Waals surface area (Å²) in [6.45, 7) is 0. The first-order chi connectivity index (χ1) is 3.38. The van der Waals surface area contributed by atoms with Gasteiger partial charge < -0.3 is 0 Å². The molecule has 38 valence electrons. The number of carbonyl (C=O) groups excluding carboxylic acids is 1. The van der Waals surface area contributed by atoms with E-state index in [2.05, 4.69) is 0 Å². The summed E-state index contributed by atoms with van der Waals surface area (Å²) in [6.07, 6.45) is 3.30. The first-order valence-corrected chi connectivity index (χ1v) is 2.90. The lowest BCUT2D eigenvalue weighted by Gasteiger charge is -1.82. The van der Waals surface area contributed by atoms with Gasteiger partial charge in [-0.3, -0.25) is 4.79 Å². The summed E-state index contributed by atoms with van der Waals surface area (Å²) in [7, 11) is 0. The standard InChI is InChI=1S/C6H8O/c7-6-2-1-4-3-5(4)6/h4-5H,1-3H2/t4-,5?/m1/s1. The summed E-state index contributed by atoms with van der Waals surface area (Å²) in [5.41, 5.74) is 0. The normalized spacial score (nSPS) is 46.6. The molecule has 2 rings (SSSR count). The third kappa shape index (κ3) is 0.355. The Morgan fingerprint density at radius 2 is 2.43 bits per heavy atom. The Kier molecular flexibility index (Phi) is 0.473. The minimum Gasteiger partial charge on any atom is -0.299 e. The zero-order valence-corrected chi connectivity index (χ0v) is 4.18. The largest absolute Gasteiger partial charge is 0.299 e. The zero-order valence-electron chi connectivity index (χ0n) is 4.18. The fraction of sp³-hybridized carbons (Fsp3) is 0.833. The molecule has 0 heterocycles. The molecule has 0 radical (unpaired) electrons. The van der Waals surface area contributed by atoms with Crippen molar-refractivity contribution in [3.8, 4) is 0 Å².